The molecule has 0 unspecified atom stereocenters. The summed E-state index contributed by atoms with van der Waals surface area (Å²) in [7, 11) is 0. The molecule has 0 aliphatic heterocycles. The molecule has 0 spiro atoms. The van der Waals surface area contributed by atoms with Crippen LogP contribution in [0.25, 0.3) is 0 Å². The number of phenols is 2. The summed E-state index contributed by atoms with van der Waals surface area (Å²) in [5, 5.41) is 31.7. The quantitative estimate of drug-likeness (QED) is 0.508. The van der Waals surface area contributed by atoms with Crippen molar-refractivity contribution in [2.75, 3.05) is 0 Å². The van der Waals surface area contributed by atoms with Crippen LogP contribution in [0.1, 0.15) is 33.2 Å². The van der Waals surface area contributed by atoms with Gasteiger partial charge in [0.1, 0.15) is 11.5 Å². The van der Waals surface area contributed by atoms with Crippen molar-refractivity contribution in [1.29, 1.82) is 0 Å². The summed E-state index contributed by atoms with van der Waals surface area (Å²) in [5.74, 6) is -2.26. The van der Waals surface area contributed by atoms with Crippen LogP contribution < -0.4 is 5.43 Å². The van der Waals surface area contributed by atoms with Crippen LogP contribution in [0.4, 0.5) is 0 Å². The van der Waals surface area contributed by atoms with E-state index in [1.807, 2.05) is 0 Å². The lowest BCUT2D eigenvalue weighted by Crippen LogP contribution is -2.20. The molecule has 0 aliphatic rings. The number of carboxylic acid groups (broad SMARTS) is 1. The predicted octanol–water partition coefficient (Wildman–Crippen LogP) is 1.95. The smallest absolute Gasteiger partial charge is 0.336 e. The molecule has 0 fully saturated rings. The van der Waals surface area contributed by atoms with Crippen LogP contribution >= 0.6 is 0 Å². The first kappa shape index (κ1) is 16.0. The Bertz CT molecular complexity index is 779. The number of aromatic hydroxyl groups is 2. The Morgan fingerprint density at radius 1 is 1.00 bits per heavy atom. The van der Waals surface area contributed by atoms with E-state index < -0.39 is 11.9 Å². The fraction of sp³-hybridized carbons (Fsp3) is 0.0625. The average molecular weight is 314 g/mol. The SMILES string of the molecule is CC(=NNC(=O)c1cc(O)cc(O)c1)c1ccccc1C(=O)O. The maximum Gasteiger partial charge on any atom is 0.336 e. The van der Waals surface area contributed by atoms with Gasteiger partial charge in [0.25, 0.3) is 5.91 Å². The number of benzene rings is 2. The maximum atomic E-state index is 11.9. The number of aromatic carboxylic acids is 1. The minimum Gasteiger partial charge on any atom is -0.508 e. The molecule has 0 atom stereocenters. The van der Waals surface area contributed by atoms with Crippen molar-refractivity contribution in [3.8, 4) is 11.5 Å². The molecule has 0 saturated carbocycles. The molecule has 0 aromatic heterocycles. The summed E-state index contributed by atoms with van der Waals surface area (Å²) in [5.41, 5.74) is 3.02. The molecule has 2 rings (SSSR count). The minimum atomic E-state index is -1.10. The number of amides is 1. The van der Waals surface area contributed by atoms with Crippen molar-refractivity contribution in [3.05, 3.63) is 59.2 Å². The van der Waals surface area contributed by atoms with Crippen molar-refractivity contribution in [2.24, 2.45) is 5.10 Å². The van der Waals surface area contributed by atoms with Crippen LogP contribution in [-0.2, 0) is 0 Å². The van der Waals surface area contributed by atoms with Crippen molar-refractivity contribution in [1.82, 2.24) is 5.43 Å². The third-order valence-corrected chi connectivity index (χ3v) is 3.04. The molecule has 2 aromatic rings. The lowest BCUT2D eigenvalue weighted by atomic mass is 10.0. The van der Waals surface area contributed by atoms with Crippen LogP contribution in [0, 0.1) is 0 Å². The van der Waals surface area contributed by atoms with E-state index in [0.29, 0.717) is 11.3 Å². The number of nitrogens with zero attached hydrogens (tertiary/aromatic N) is 1. The highest BCUT2D eigenvalue weighted by Gasteiger charge is 2.12. The van der Waals surface area contributed by atoms with E-state index >= 15 is 0 Å². The molecule has 0 bridgehead atoms. The maximum absolute atomic E-state index is 11.9. The third kappa shape index (κ3) is 3.85. The fourth-order valence-corrected chi connectivity index (χ4v) is 1.97. The number of carbonyl (C=O) groups excluding carboxylic acids is 1. The molecule has 2 aromatic carbocycles. The van der Waals surface area contributed by atoms with E-state index in [-0.39, 0.29) is 22.6 Å². The van der Waals surface area contributed by atoms with E-state index in [1.54, 1.807) is 25.1 Å². The van der Waals surface area contributed by atoms with Gasteiger partial charge in [-0.25, -0.2) is 10.2 Å². The molecular weight excluding hydrogens is 300 g/mol. The van der Waals surface area contributed by atoms with E-state index in [1.165, 1.54) is 18.2 Å². The molecule has 0 aliphatic carbocycles. The van der Waals surface area contributed by atoms with E-state index in [2.05, 4.69) is 10.5 Å². The number of phenolic OH excluding ortho intramolecular Hbond substituents is 2. The Kier molecular flexibility index (Phi) is 4.61. The first-order valence-electron chi connectivity index (χ1n) is 6.59. The zero-order chi connectivity index (χ0) is 17.0. The molecular formula is C16H14N2O5. The summed E-state index contributed by atoms with van der Waals surface area (Å²) in [4.78, 5) is 23.1. The Balaban J connectivity index is 2.23. The molecule has 0 heterocycles. The van der Waals surface area contributed by atoms with Crippen LogP contribution in [-0.4, -0.2) is 32.9 Å². The van der Waals surface area contributed by atoms with E-state index in [9.17, 15) is 19.8 Å². The molecule has 118 valence electrons. The van der Waals surface area contributed by atoms with Gasteiger partial charge in [-0.1, -0.05) is 18.2 Å². The number of nitrogens with one attached hydrogen (secondary N) is 1. The normalized spacial score (nSPS) is 11.1. The molecule has 7 nitrogen and oxygen atoms in total. The molecule has 0 radical (unpaired) electrons. The van der Waals surface area contributed by atoms with Gasteiger partial charge >= 0.3 is 5.97 Å². The summed E-state index contributed by atoms with van der Waals surface area (Å²) >= 11 is 0. The molecule has 7 heteroatoms. The number of rotatable bonds is 4. The standard InChI is InChI=1S/C16H14N2O5/c1-9(13-4-2-3-5-14(13)16(22)23)17-18-15(21)10-6-11(19)8-12(20)7-10/h2-8,19-20H,1H3,(H,18,21)(H,22,23). The van der Waals surface area contributed by atoms with Gasteiger partial charge in [0.2, 0.25) is 0 Å². The molecule has 4 N–H and O–H groups in total. The zero-order valence-corrected chi connectivity index (χ0v) is 12.1. The highest BCUT2D eigenvalue weighted by Crippen LogP contribution is 2.20. The Labute approximate surface area is 131 Å². The molecule has 1 amide bonds. The van der Waals surface area contributed by atoms with Crippen molar-refractivity contribution in [2.45, 2.75) is 6.92 Å². The Hall–Kier alpha value is -3.35. The monoisotopic (exact) mass is 314 g/mol. The second-order valence-corrected chi connectivity index (χ2v) is 4.73. The van der Waals surface area contributed by atoms with Gasteiger partial charge in [-0.2, -0.15) is 5.10 Å². The second kappa shape index (κ2) is 6.61. The highest BCUT2D eigenvalue weighted by atomic mass is 16.4. The first-order valence-corrected chi connectivity index (χ1v) is 6.59. The number of hydrogen-bond donors (Lipinski definition) is 4. The third-order valence-electron chi connectivity index (χ3n) is 3.04. The summed E-state index contributed by atoms with van der Waals surface area (Å²) in [6.07, 6.45) is 0. The van der Waals surface area contributed by atoms with Crippen LogP contribution in [0.15, 0.2) is 47.6 Å². The van der Waals surface area contributed by atoms with E-state index in [4.69, 9.17) is 5.11 Å². The average Bonchev–Trinajstić information content (AvgIpc) is 2.51. The number of carboxylic acids is 1. The Morgan fingerprint density at radius 2 is 1.57 bits per heavy atom. The van der Waals surface area contributed by atoms with Gasteiger partial charge in [-0.05, 0) is 25.1 Å². The number of carbonyl (C=O) groups is 2. The second-order valence-electron chi connectivity index (χ2n) is 4.73. The Morgan fingerprint density at radius 3 is 2.13 bits per heavy atom. The zero-order valence-electron chi connectivity index (χ0n) is 12.1. The summed E-state index contributed by atoms with van der Waals surface area (Å²) < 4.78 is 0. The number of hydrazone groups is 1. The molecule has 0 saturated heterocycles. The van der Waals surface area contributed by atoms with Gasteiger partial charge < -0.3 is 15.3 Å². The summed E-state index contributed by atoms with van der Waals surface area (Å²) in [6.45, 7) is 1.56. The van der Waals surface area contributed by atoms with Crippen LogP contribution in [0.2, 0.25) is 0 Å². The lowest BCUT2D eigenvalue weighted by molar-refractivity contribution is 0.0696. The van der Waals surface area contributed by atoms with Crippen molar-refractivity contribution >= 4 is 17.6 Å². The highest BCUT2D eigenvalue weighted by molar-refractivity contribution is 6.08. The van der Waals surface area contributed by atoms with Crippen LogP contribution in [0.3, 0.4) is 0 Å². The van der Waals surface area contributed by atoms with Gasteiger partial charge in [0.15, 0.2) is 0 Å². The van der Waals surface area contributed by atoms with Gasteiger partial charge in [-0.15, -0.1) is 0 Å². The summed E-state index contributed by atoms with van der Waals surface area (Å²) in [6, 6.07) is 9.70. The predicted molar refractivity (Wildman–Crippen MR) is 82.9 cm³/mol. The topological polar surface area (TPSA) is 119 Å². The van der Waals surface area contributed by atoms with Gasteiger partial charge in [0, 0.05) is 17.2 Å². The van der Waals surface area contributed by atoms with Crippen molar-refractivity contribution < 1.29 is 24.9 Å². The van der Waals surface area contributed by atoms with E-state index in [0.717, 1.165) is 6.07 Å². The minimum absolute atomic E-state index is 0.0190. The van der Waals surface area contributed by atoms with Crippen molar-refractivity contribution in [3.63, 3.8) is 0 Å². The largest absolute Gasteiger partial charge is 0.508 e. The van der Waals surface area contributed by atoms with Gasteiger partial charge in [-0.3, -0.25) is 4.79 Å². The number of hydrogen-bond acceptors (Lipinski definition) is 5. The van der Waals surface area contributed by atoms with Crippen LogP contribution in [0.5, 0.6) is 11.5 Å². The fourth-order valence-electron chi connectivity index (χ4n) is 1.97. The molecule has 23 heavy (non-hydrogen) atoms. The first-order chi connectivity index (χ1) is 10.9. The lowest BCUT2D eigenvalue weighted by Gasteiger charge is -2.06. The van der Waals surface area contributed by atoms with Gasteiger partial charge in [0.05, 0.1) is 11.3 Å².